The number of halogens is 1. The fourth-order valence-corrected chi connectivity index (χ4v) is 1.93. The first-order valence-electron chi connectivity index (χ1n) is 6.78. The Labute approximate surface area is 121 Å². The highest BCUT2D eigenvalue weighted by Gasteiger charge is 2.27. The number of carbonyl (C=O) groups is 1. The normalized spacial score (nSPS) is 14.0. The molecule has 0 spiro atoms. The van der Waals surface area contributed by atoms with Crippen LogP contribution in [0, 0.1) is 12.7 Å². The number of para-hydroxylation sites is 1. The second kappa shape index (κ2) is 5.55. The highest BCUT2D eigenvalue weighted by atomic mass is 19.1. The maximum absolute atomic E-state index is 13.5. The standard InChI is InChI=1S/C15H15FN2O3/c1-9-11(8-20-13-5-3-2-4-12(13)16)14(18-21-9)15(19)17-10-6-7-10/h2-5,10H,6-8H2,1H3,(H,17,19). The maximum Gasteiger partial charge on any atom is 0.274 e. The molecule has 5 nitrogen and oxygen atoms in total. The van der Waals surface area contributed by atoms with Crippen LogP contribution in [0.1, 0.15) is 34.7 Å². The molecule has 0 saturated heterocycles. The van der Waals surface area contributed by atoms with Crippen LogP contribution in [0.2, 0.25) is 0 Å². The predicted molar refractivity (Wildman–Crippen MR) is 72.5 cm³/mol. The van der Waals surface area contributed by atoms with Crippen LogP contribution < -0.4 is 10.1 Å². The third-order valence-corrected chi connectivity index (χ3v) is 3.32. The predicted octanol–water partition coefficient (Wildman–Crippen LogP) is 2.59. The quantitative estimate of drug-likeness (QED) is 0.919. The van der Waals surface area contributed by atoms with Crippen molar-refractivity contribution in [1.82, 2.24) is 10.5 Å². The molecule has 6 heteroatoms. The van der Waals surface area contributed by atoms with Gasteiger partial charge in [-0.25, -0.2) is 4.39 Å². The number of rotatable bonds is 5. The van der Waals surface area contributed by atoms with E-state index in [1.54, 1.807) is 19.1 Å². The molecule has 1 aromatic heterocycles. The summed E-state index contributed by atoms with van der Waals surface area (Å²) >= 11 is 0. The minimum absolute atomic E-state index is 0.0314. The number of carbonyl (C=O) groups excluding carboxylic acids is 1. The highest BCUT2D eigenvalue weighted by Crippen LogP contribution is 2.22. The van der Waals surface area contributed by atoms with E-state index >= 15 is 0 Å². The first kappa shape index (κ1) is 13.6. The monoisotopic (exact) mass is 290 g/mol. The average molecular weight is 290 g/mol. The summed E-state index contributed by atoms with van der Waals surface area (Å²) in [6.07, 6.45) is 1.98. The van der Waals surface area contributed by atoms with E-state index in [0.717, 1.165) is 12.8 Å². The summed E-state index contributed by atoms with van der Waals surface area (Å²) < 4.78 is 24.0. The van der Waals surface area contributed by atoms with E-state index in [-0.39, 0.29) is 30.0 Å². The van der Waals surface area contributed by atoms with Crippen molar-refractivity contribution in [1.29, 1.82) is 0 Å². The third-order valence-electron chi connectivity index (χ3n) is 3.32. The number of hydrogen-bond donors (Lipinski definition) is 1. The van der Waals surface area contributed by atoms with Gasteiger partial charge in [-0.2, -0.15) is 0 Å². The molecule has 3 rings (SSSR count). The molecule has 1 saturated carbocycles. The Morgan fingerprint density at radius 2 is 2.24 bits per heavy atom. The Hall–Kier alpha value is -2.37. The fraction of sp³-hybridized carbons (Fsp3) is 0.333. The lowest BCUT2D eigenvalue weighted by Gasteiger charge is -2.07. The SMILES string of the molecule is Cc1onc(C(=O)NC2CC2)c1COc1ccccc1F. The number of ether oxygens (including phenoxy) is 1. The molecule has 1 fully saturated rings. The lowest BCUT2D eigenvalue weighted by Crippen LogP contribution is -2.26. The van der Waals surface area contributed by atoms with Crippen LogP contribution >= 0.6 is 0 Å². The number of benzene rings is 1. The Morgan fingerprint density at radius 1 is 1.48 bits per heavy atom. The van der Waals surface area contributed by atoms with Gasteiger partial charge in [-0.1, -0.05) is 17.3 Å². The summed E-state index contributed by atoms with van der Waals surface area (Å²) in [4.78, 5) is 12.0. The highest BCUT2D eigenvalue weighted by molar-refractivity contribution is 5.94. The minimum Gasteiger partial charge on any atom is -0.486 e. The molecule has 0 aliphatic heterocycles. The smallest absolute Gasteiger partial charge is 0.274 e. The topological polar surface area (TPSA) is 64.4 Å². The summed E-state index contributed by atoms with van der Waals surface area (Å²) in [5.74, 6) is -0.101. The van der Waals surface area contributed by atoms with Crippen molar-refractivity contribution in [3.8, 4) is 5.75 Å². The summed E-state index contributed by atoms with van der Waals surface area (Å²) in [7, 11) is 0. The van der Waals surface area contributed by atoms with Gasteiger partial charge in [-0.3, -0.25) is 4.79 Å². The van der Waals surface area contributed by atoms with Crippen LogP contribution in [0.25, 0.3) is 0 Å². The minimum atomic E-state index is -0.449. The van der Waals surface area contributed by atoms with E-state index in [1.807, 2.05) is 0 Å². The van der Waals surface area contributed by atoms with Crippen molar-refractivity contribution in [2.24, 2.45) is 0 Å². The van der Waals surface area contributed by atoms with E-state index < -0.39 is 5.82 Å². The summed E-state index contributed by atoms with van der Waals surface area (Å²) in [6, 6.07) is 6.34. The molecule has 1 aromatic carbocycles. The van der Waals surface area contributed by atoms with Crippen molar-refractivity contribution in [2.75, 3.05) is 0 Å². The molecular weight excluding hydrogens is 275 g/mol. The van der Waals surface area contributed by atoms with Gasteiger partial charge in [0.15, 0.2) is 17.3 Å². The van der Waals surface area contributed by atoms with Crippen LogP contribution in [0.4, 0.5) is 4.39 Å². The van der Waals surface area contributed by atoms with Crippen molar-refractivity contribution in [3.05, 3.63) is 47.1 Å². The van der Waals surface area contributed by atoms with E-state index in [4.69, 9.17) is 9.26 Å². The number of aromatic nitrogens is 1. The molecule has 0 unspecified atom stereocenters. The molecule has 1 N–H and O–H groups in total. The van der Waals surface area contributed by atoms with Gasteiger partial charge in [-0.15, -0.1) is 0 Å². The van der Waals surface area contributed by atoms with Crippen LogP contribution in [-0.2, 0) is 6.61 Å². The second-order valence-corrected chi connectivity index (χ2v) is 5.03. The summed E-state index contributed by atoms with van der Waals surface area (Å²) in [6.45, 7) is 1.73. The van der Waals surface area contributed by atoms with Gasteiger partial charge in [0.05, 0.1) is 5.56 Å². The number of hydrogen-bond acceptors (Lipinski definition) is 4. The molecule has 1 aliphatic carbocycles. The molecular formula is C15H15FN2O3. The Kier molecular flexibility index (Phi) is 3.60. The number of aryl methyl sites for hydroxylation is 1. The van der Waals surface area contributed by atoms with Crippen LogP contribution in [0.3, 0.4) is 0 Å². The van der Waals surface area contributed by atoms with Crippen molar-refractivity contribution >= 4 is 5.91 Å². The molecule has 0 radical (unpaired) electrons. The van der Waals surface area contributed by atoms with Gasteiger partial charge in [0, 0.05) is 6.04 Å². The molecule has 1 heterocycles. The van der Waals surface area contributed by atoms with E-state index in [1.165, 1.54) is 12.1 Å². The van der Waals surface area contributed by atoms with Crippen LogP contribution in [-0.4, -0.2) is 17.1 Å². The Balaban J connectivity index is 1.74. The largest absolute Gasteiger partial charge is 0.486 e. The first-order chi connectivity index (χ1) is 10.1. The third kappa shape index (κ3) is 3.04. The number of nitrogens with zero attached hydrogens (tertiary/aromatic N) is 1. The Morgan fingerprint density at radius 3 is 2.95 bits per heavy atom. The van der Waals surface area contributed by atoms with E-state index in [0.29, 0.717) is 11.3 Å². The van der Waals surface area contributed by atoms with Gasteiger partial charge in [-0.05, 0) is 31.9 Å². The van der Waals surface area contributed by atoms with Gasteiger partial charge in [0.25, 0.3) is 5.91 Å². The van der Waals surface area contributed by atoms with Crippen molar-refractivity contribution in [3.63, 3.8) is 0 Å². The van der Waals surface area contributed by atoms with E-state index in [2.05, 4.69) is 10.5 Å². The van der Waals surface area contributed by atoms with Gasteiger partial charge in [0.2, 0.25) is 0 Å². The summed E-state index contributed by atoms with van der Waals surface area (Å²) in [5, 5.41) is 6.61. The Bertz CT molecular complexity index is 665. The van der Waals surface area contributed by atoms with Gasteiger partial charge >= 0.3 is 0 Å². The zero-order valence-corrected chi connectivity index (χ0v) is 11.6. The molecule has 0 bridgehead atoms. The summed E-state index contributed by atoms with van der Waals surface area (Å²) in [5.41, 5.74) is 0.743. The fourth-order valence-electron chi connectivity index (χ4n) is 1.93. The molecule has 2 aromatic rings. The molecule has 110 valence electrons. The first-order valence-corrected chi connectivity index (χ1v) is 6.78. The lowest BCUT2D eigenvalue weighted by atomic mass is 10.2. The second-order valence-electron chi connectivity index (χ2n) is 5.03. The zero-order valence-electron chi connectivity index (χ0n) is 11.6. The molecule has 1 amide bonds. The lowest BCUT2D eigenvalue weighted by molar-refractivity contribution is 0.0940. The van der Waals surface area contributed by atoms with Crippen LogP contribution in [0.15, 0.2) is 28.8 Å². The zero-order chi connectivity index (χ0) is 14.8. The molecule has 0 atom stereocenters. The molecule has 21 heavy (non-hydrogen) atoms. The van der Waals surface area contributed by atoms with Crippen LogP contribution in [0.5, 0.6) is 5.75 Å². The maximum atomic E-state index is 13.5. The van der Waals surface area contributed by atoms with Gasteiger partial charge in [0.1, 0.15) is 12.4 Å². The van der Waals surface area contributed by atoms with Gasteiger partial charge < -0.3 is 14.6 Å². The number of amides is 1. The molecule has 1 aliphatic rings. The van der Waals surface area contributed by atoms with E-state index in [9.17, 15) is 9.18 Å². The van der Waals surface area contributed by atoms with Crippen molar-refractivity contribution in [2.45, 2.75) is 32.4 Å². The van der Waals surface area contributed by atoms with Crippen molar-refractivity contribution < 1.29 is 18.4 Å². The number of nitrogens with one attached hydrogen (secondary N) is 1. The average Bonchev–Trinajstić information content (AvgIpc) is 3.20.